The minimum absolute atomic E-state index is 0.715. The Morgan fingerprint density at radius 2 is 2.56 bits per heavy atom. The number of nitrogens with zero attached hydrogens (tertiary/aromatic N) is 2. The van der Waals surface area contributed by atoms with Gasteiger partial charge >= 0.3 is 0 Å². The topological polar surface area (TPSA) is 29.9 Å². The molecule has 1 atom stereocenters. The van der Waals surface area contributed by atoms with E-state index in [2.05, 4.69) is 45.0 Å². The summed E-state index contributed by atoms with van der Waals surface area (Å²) in [5, 5.41) is 4.13. The van der Waals surface area contributed by atoms with E-state index in [0.717, 1.165) is 19.0 Å². The zero-order valence-corrected chi connectivity index (χ0v) is 10.9. The van der Waals surface area contributed by atoms with Crippen molar-refractivity contribution < 1.29 is 0 Å². The van der Waals surface area contributed by atoms with Gasteiger partial charge in [0, 0.05) is 48.0 Å². The van der Waals surface area contributed by atoms with Crippen LogP contribution in [0, 0.1) is 0 Å². The number of rotatable bonds is 5. The van der Waals surface area contributed by atoms with Crippen LogP contribution in [0.2, 0.25) is 0 Å². The summed E-state index contributed by atoms with van der Waals surface area (Å²) < 4.78 is 2.08. The lowest BCUT2D eigenvalue weighted by atomic mass is 10.4. The van der Waals surface area contributed by atoms with E-state index in [-0.39, 0.29) is 0 Å². The first-order chi connectivity index (χ1) is 7.90. The van der Waals surface area contributed by atoms with E-state index >= 15 is 0 Å². The van der Waals surface area contributed by atoms with Crippen LogP contribution in [-0.2, 0) is 6.54 Å². The molecule has 1 aromatic heterocycles. The second-order valence-electron chi connectivity index (χ2n) is 3.64. The highest BCUT2D eigenvalue weighted by molar-refractivity contribution is 8.06. The highest BCUT2D eigenvalue weighted by Crippen LogP contribution is 2.24. The Bertz CT molecular complexity index is 332. The van der Waals surface area contributed by atoms with Gasteiger partial charge in [-0.3, -0.25) is 0 Å². The Morgan fingerprint density at radius 3 is 3.31 bits per heavy atom. The highest BCUT2D eigenvalue weighted by Gasteiger charge is 2.14. The molecule has 2 rings (SSSR count). The van der Waals surface area contributed by atoms with Crippen LogP contribution in [0.15, 0.2) is 25.0 Å². The first kappa shape index (κ1) is 11.9. The predicted octanol–water partition coefficient (Wildman–Crippen LogP) is 2.33. The fraction of sp³-hybridized carbons (Fsp3) is 0.545. The van der Waals surface area contributed by atoms with Crippen LogP contribution in [0.1, 0.15) is 0 Å². The number of hydrogen-bond acceptors (Lipinski definition) is 4. The molecule has 0 spiro atoms. The molecule has 2 heterocycles. The van der Waals surface area contributed by atoms with Gasteiger partial charge in [0.1, 0.15) is 0 Å². The Kier molecular flexibility index (Phi) is 4.66. The molecule has 16 heavy (non-hydrogen) atoms. The summed E-state index contributed by atoms with van der Waals surface area (Å²) in [6.45, 7) is 5.56. The van der Waals surface area contributed by atoms with Gasteiger partial charge in [0.05, 0.1) is 0 Å². The lowest BCUT2D eigenvalue weighted by Gasteiger charge is -2.21. The van der Waals surface area contributed by atoms with Crippen LogP contribution in [0.25, 0.3) is 0 Å². The molecule has 1 aliphatic rings. The van der Waals surface area contributed by atoms with Gasteiger partial charge in [-0.25, -0.2) is 4.98 Å². The number of thioether (sulfide) groups is 2. The summed E-state index contributed by atoms with van der Waals surface area (Å²) in [4.78, 5) is 4.31. The third-order valence-corrected chi connectivity index (χ3v) is 5.26. The smallest absolute Gasteiger partial charge is 0.203 e. The highest BCUT2D eigenvalue weighted by atomic mass is 32.2. The molecule has 1 aliphatic heterocycles. The molecule has 1 aromatic rings. The first-order valence-corrected chi connectivity index (χ1v) is 7.65. The molecule has 5 heteroatoms. The van der Waals surface area contributed by atoms with E-state index in [4.69, 9.17) is 0 Å². The van der Waals surface area contributed by atoms with E-state index < -0.39 is 0 Å². The van der Waals surface area contributed by atoms with Crippen LogP contribution < -0.4 is 5.32 Å². The molecule has 1 fully saturated rings. The zero-order chi connectivity index (χ0) is 11.2. The minimum atomic E-state index is 0.715. The molecule has 0 radical (unpaired) electrons. The van der Waals surface area contributed by atoms with Crippen molar-refractivity contribution in [2.24, 2.45) is 0 Å². The molecular formula is C11H17N3S2. The van der Waals surface area contributed by atoms with Gasteiger partial charge in [-0.2, -0.15) is 23.5 Å². The van der Waals surface area contributed by atoms with Crippen molar-refractivity contribution in [2.75, 3.05) is 29.1 Å². The van der Waals surface area contributed by atoms with Gasteiger partial charge in [-0.1, -0.05) is 6.08 Å². The number of anilines is 1. The normalized spacial score (nSPS) is 20.6. The molecule has 1 unspecified atom stereocenters. The van der Waals surface area contributed by atoms with Gasteiger partial charge in [0.2, 0.25) is 5.95 Å². The number of allylic oxidation sites excluding steroid dienone is 1. The number of imidazole rings is 1. The molecule has 1 saturated heterocycles. The Labute approximate surface area is 105 Å². The lowest BCUT2D eigenvalue weighted by Crippen LogP contribution is -2.24. The average Bonchev–Trinajstić information content (AvgIpc) is 2.76. The number of aromatic nitrogens is 2. The first-order valence-electron chi connectivity index (χ1n) is 5.45. The molecule has 88 valence electrons. The Hall–Kier alpha value is -0.550. The third kappa shape index (κ3) is 3.22. The standard InChI is InChI=1S/C11H17N3S2/c1-2-4-14-5-3-12-11(14)13-8-10-9-15-6-7-16-10/h2-3,5,10H,1,4,6-9H2,(H,12,13). The molecule has 0 aliphatic carbocycles. The minimum Gasteiger partial charge on any atom is -0.355 e. The van der Waals surface area contributed by atoms with Crippen molar-refractivity contribution in [3.63, 3.8) is 0 Å². The second kappa shape index (κ2) is 6.25. The number of hydrogen-bond donors (Lipinski definition) is 1. The summed E-state index contributed by atoms with van der Waals surface area (Å²) >= 11 is 4.11. The van der Waals surface area contributed by atoms with Gasteiger partial charge < -0.3 is 9.88 Å². The number of nitrogens with one attached hydrogen (secondary N) is 1. The van der Waals surface area contributed by atoms with Crippen molar-refractivity contribution in [1.82, 2.24) is 9.55 Å². The summed E-state index contributed by atoms with van der Waals surface area (Å²) in [5.41, 5.74) is 0. The van der Waals surface area contributed by atoms with Crippen molar-refractivity contribution >= 4 is 29.5 Å². The third-order valence-electron chi connectivity index (χ3n) is 2.41. The lowest BCUT2D eigenvalue weighted by molar-refractivity contribution is 0.816. The fourth-order valence-electron chi connectivity index (χ4n) is 1.62. The van der Waals surface area contributed by atoms with Gasteiger partial charge in [0.15, 0.2) is 0 Å². The van der Waals surface area contributed by atoms with Crippen LogP contribution in [0.4, 0.5) is 5.95 Å². The quantitative estimate of drug-likeness (QED) is 0.818. The van der Waals surface area contributed by atoms with Gasteiger partial charge in [-0.15, -0.1) is 6.58 Å². The molecule has 0 saturated carbocycles. The maximum atomic E-state index is 4.31. The molecule has 0 aromatic carbocycles. The summed E-state index contributed by atoms with van der Waals surface area (Å²) in [6.07, 6.45) is 5.69. The predicted molar refractivity (Wildman–Crippen MR) is 74.5 cm³/mol. The van der Waals surface area contributed by atoms with Crippen LogP contribution in [0.5, 0.6) is 0 Å². The summed E-state index contributed by atoms with van der Waals surface area (Å²) in [6, 6.07) is 0. The van der Waals surface area contributed by atoms with Crippen LogP contribution in [-0.4, -0.2) is 38.6 Å². The Balaban J connectivity index is 1.83. The van der Waals surface area contributed by atoms with Crippen LogP contribution in [0.3, 0.4) is 0 Å². The van der Waals surface area contributed by atoms with Crippen LogP contribution >= 0.6 is 23.5 Å². The Morgan fingerprint density at radius 1 is 1.62 bits per heavy atom. The molecule has 3 nitrogen and oxygen atoms in total. The maximum Gasteiger partial charge on any atom is 0.203 e. The summed E-state index contributed by atoms with van der Waals surface area (Å²) in [5.74, 6) is 4.78. The van der Waals surface area contributed by atoms with Gasteiger partial charge in [0.25, 0.3) is 0 Å². The van der Waals surface area contributed by atoms with Crippen molar-refractivity contribution in [3.8, 4) is 0 Å². The monoisotopic (exact) mass is 255 g/mol. The van der Waals surface area contributed by atoms with E-state index in [1.807, 2.05) is 18.5 Å². The summed E-state index contributed by atoms with van der Waals surface area (Å²) in [7, 11) is 0. The van der Waals surface area contributed by atoms with E-state index in [1.54, 1.807) is 0 Å². The van der Waals surface area contributed by atoms with Crippen molar-refractivity contribution in [3.05, 3.63) is 25.0 Å². The fourth-order valence-corrected chi connectivity index (χ4v) is 4.23. The van der Waals surface area contributed by atoms with E-state index in [9.17, 15) is 0 Å². The second-order valence-corrected chi connectivity index (χ2v) is 6.20. The zero-order valence-electron chi connectivity index (χ0n) is 9.26. The molecule has 0 bridgehead atoms. The largest absolute Gasteiger partial charge is 0.355 e. The molecular weight excluding hydrogens is 238 g/mol. The SMILES string of the molecule is C=CCn1ccnc1NCC1CSCCS1. The average molecular weight is 255 g/mol. The van der Waals surface area contributed by atoms with E-state index in [0.29, 0.717) is 5.25 Å². The van der Waals surface area contributed by atoms with Crippen molar-refractivity contribution in [2.45, 2.75) is 11.8 Å². The van der Waals surface area contributed by atoms with E-state index in [1.165, 1.54) is 17.3 Å². The molecule has 1 N–H and O–H groups in total. The maximum absolute atomic E-state index is 4.31. The van der Waals surface area contributed by atoms with Crippen molar-refractivity contribution in [1.29, 1.82) is 0 Å². The molecule has 0 amide bonds. The van der Waals surface area contributed by atoms with Gasteiger partial charge in [-0.05, 0) is 0 Å².